The molecule has 1 saturated heterocycles. The van der Waals surface area contributed by atoms with E-state index in [1.165, 1.54) is 30.6 Å². The number of nitrogens with zero attached hydrogens (tertiary/aromatic N) is 1. The van der Waals surface area contributed by atoms with E-state index in [0.29, 0.717) is 6.04 Å². The van der Waals surface area contributed by atoms with Gasteiger partial charge in [-0.05, 0) is 44.4 Å². The van der Waals surface area contributed by atoms with Crippen molar-refractivity contribution in [3.05, 3.63) is 29.8 Å². The molecule has 2 rings (SSSR count). The Kier molecular flexibility index (Phi) is 4.06. The Morgan fingerprint density at radius 1 is 1.24 bits per heavy atom. The fourth-order valence-corrected chi connectivity index (χ4v) is 2.76. The van der Waals surface area contributed by atoms with Gasteiger partial charge >= 0.3 is 0 Å². The second kappa shape index (κ2) is 5.54. The van der Waals surface area contributed by atoms with Gasteiger partial charge in [0.1, 0.15) is 0 Å². The third-order valence-corrected chi connectivity index (χ3v) is 3.79. The third kappa shape index (κ3) is 2.81. The fraction of sp³-hybridized carbons (Fsp3) is 0.600. The van der Waals surface area contributed by atoms with Gasteiger partial charge in [-0.1, -0.05) is 25.1 Å². The first-order chi connectivity index (χ1) is 8.22. The zero-order valence-electron chi connectivity index (χ0n) is 11.2. The molecule has 17 heavy (non-hydrogen) atoms. The molecule has 2 heteroatoms. The Labute approximate surface area is 105 Å². The van der Waals surface area contributed by atoms with Crippen LogP contribution in [-0.4, -0.2) is 19.6 Å². The first-order valence-electron chi connectivity index (χ1n) is 6.71. The number of piperidine rings is 1. The average molecular weight is 232 g/mol. The summed E-state index contributed by atoms with van der Waals surface area (Å²) < 4.78 is 0. The smallest absolute Gasteiger partial charge is 0.0414 e. The van der Waals surface area contributed by atoms with Gasteiger partial charge in [0, 0.05) is 24.8 Å². The molecule has 1 aliphatic heterocycles. The quantitative estimate of drug-likeness (QED) is 0.861. The highest BCUT2D eigenvalue weighted by Gasteiger charge is 2.24. The number of para-hydroxylation sites is 1. The van der Waals surface area contributed by atoms with E-state index in [9.17, 15) is 0 Å². The lowest BCUT2D eigenvalue weighted by Gasteiger charge is -2.39. The topological polar surface area (TPSA) is 15.3 Å². The maximum Gasteiger partial charge on any atom is 0.0414 e. The molecule has 1 N–H and O–H groups in total. The maximum atomic E-state index is 3.26. The van der Waals surface area contributed by atoms with E-state index in [0.717, 1.165) is 12.5 Å². The molecular weight excluding hydrogens is 208 g/mol. The van der Waals surface area contributed by atoms with E-state index in [4.69, 9.17) is 0 Å². The first kappa shape index (κ1) is 12.4. The van der Waals surface area contributed by atoms with Crippen molar-refractivity contribution in [2.24, 2.45) is 5.92 Å². The predicted octanol–water partition coefficient (Wildman–Crippen LogP) is 3.03. The molecule has 1 fully saturated rings. The summed E-state index contributed by atoms with van der Waals surface area (Å²) in [5, 5.41) is 3.26. The van der Waals surface area contributed by atoms with Gasteiger partial charge in [0.2, 0.25) is 0 Å². The van der Waals surface area contributed by atoms with Crippen molar-refractivity contribution >= 4 is 5.69 Å². The van der Waals surface area contributed by atoms with Crippen molar-refractivity contribution in [2.75, 3.05) is 18.5 Å². The van der Waals surface area contributed by atoms with Crippen molar-refractivity contribution in [2.45, 2.75) is 39.3 Å². The highest BCUT2D eigenvalue weighted by Crippen LogP contribution is 2.29. The van der Waals surface area contributed by atoms with Crippen LogP contribution in [0.2, 0.25) is 0 Å². The van der Waals surface area contributed by atoms with E-state index >= 15 is 0 Å². The molecule has 1 aromatic carbocycles. The number of hydrogen-bond donors (Lipinski definition) is 1. The summed E-state index contributed by atoms with van der Waals surface area (Å²) in [5.74, 6) is 0.814. The average Bonchev–Trinajstić information content (AvgIpc) is 2.34. The molecule has 0 amide bonds. The van der Waals surface area contributed by atoms with Crippen molar-refractivity contribution < 1.29 is 0 Å². The van der Waals surface area contributed by atoms with Gasteiger partial charge < -0.3 is 10.2 Å². The lowest BCUT2D eigenvalue weighted by atomic mass is 9.94. The molecule has 1 aromatic rings. The Hall–Kier alpha value is -1.02. The Balaban J connectivity index is 2.25. The molecule has 0 spiro atoms. The Bertz CT molecular complexity index is 362. The number of benzene rings is 1. The minimum Gasteiger partial charge on any atom is -0.368 e. The molecule has 0 aliphatic carbocycles. The van der Waals surface area contributed by atoms with Crippen LogP contribution in [-0.2, 0) is 6.54 Å². The molecule has 2 unspecified atom stereocenters. The summed E-state index contributed by atoms with van der Waals surface area (Å²) >= 11 is 0. The SMILES string of the molecule is CNCc1ccccc1N1CC(C)CCC1C. The Morgan fingerprint density at radius 3 is 2.76 bits per heavy atom. The molecule has 2 nitrogen and oxygen atoms in total. The van der Waals surface area contributed by atoms with Gasteiger partial charge in [0.25, 0.3) is 0 Å². The van der Waals surface area contributed by atoms with Crippen LogP contribution in [0.25, 0.3) is 0 Å². The molecule has 1 heterocycles. The number of rotatable bonds is 3. The van der Waals surface area contributed by atoms with E-state index < -0.39 is 0 Å². The largest absolute Gasteiger partial charge is 0.368 e. The zero-order chi connectivity index (χ0) is 12.3. The lowest BCUT2D eigenvalue weighted by Crippen LogP contribution is -2.41. The molecule has 1 aliphatic rings. The maximum absolute atomic E-state index is 3.26. The number of anilines is 1. The van der Waals surface area contributed by atoms with Crippen molar-refractivity contribution in [1.29, 1.82) is 0 Å². The summed E-state index contributed by atoms with van der Waals surface area (Å²) in [6.07, 6.45) is 2.68. The molecule has 0 aromatic heterocycles. The van der Waals surface area contributed by atoms with Crippen LogP contribution in [0.5, 0.6) is 0 Å². The van der Waals surface area contributed by atoms with Gasteiger partial charge in [-0.15, -0.1) is 0 Å². The van der Waals surface area contributed by atoms with Crippen LogP contribution in [0.3, 0.4) is 0 Å². The predicted molar refractivity (Wildman–Crippen MR) is 74.4 cm³/mol. The summed E-state index contributed by atoms with van der Waals surface area (Å²) in [4.78, 5) is 2.58. The highest BCUT2D eigenvalue weighted by molar-refractivity contribution is 5.54. The summed E-state index contributed by atoms with van der Waals surface area (Å²) in [6.45, 7) is 6.86. The van der Waals surface area contributed by atoms with Crippen LogP contribution in [0.1, 0.15) is 32.3 Å². The molecule has 0 bridgehead atoms. The fourth-order valence-electron chi connectivity index (χ4n) is 2.76. The van der Waals surface area contributed by atoms with E-state index in [1.54, 1.807) is 0 Å². The summed E-state index contributed by atoms with van der Waals surface area (Å²) in [5.41, 5.74) is 2.83. The molecule has 94 valence electrons. The van der Waals surface area contributed by atoms with Gasteiger partial charge in [0.05, 0.1) is 0 Å². The Morgan fingerprint density at radius 2 is 2.00 bits per heavy atom. The molecule has 2 atom stereocenters. The van der Waals surface area contributed by atoms with Crippen LogP contribution in [0.15, 0.2) is 24.3 Å². The number of hydrogen-bond acceptors (Lipinski definition) is 2. The minimum absolute atomic E-state index is 0.671. The van der Waals surface area contributed by atoms with Gasteiger partial charge in [-0.25, -0.2) is 0 Å². The second-order valence-electron chi connectivity index (χ2n) is 5.34. The summed E-state index contributed by atoms with van der Waals surface area (Å²) in [7, 11) is 2.01. The minimum atomic E-state index is 0.671. The second-order valence-corrected chi connectivity index (χ2v) is 5.34. The van der Waals surface area contributed by atoms with Gasteiger partial charge in [0.15, 0.2) is 0 Å². The van der Waals surface area contributed by atoms with E-state index in [2.05, 4.69) is 48.3 Å². The zero-order valence-corrected chi connectivity index (χ0v) is 11.2. The lowest BCUT2D eigenvalue weighted by molar-refractivity contribution is 0.389. The number of nitrogens with one attached hydrogen (secondary N) is 1. The first-order valence-corrected chi connectivity index (χ1v) is 6.71. The summed E-state index contributed by atoms with van der Waals surface area (Å²) in [6, 6.07) is 9.46. The molecule has 0 saturated carbocycles. The normalized spacial score (nSPS) is 25.0. The van der Waals surface area contributed by atoms with E-state index in [1.807, 2.05) is 7.05 Å². The van der Waals surface area contributed by atoms with E-state index in [-0.39, 0.29) is 0 Å². The van der Waals surface area contributed by atoms with Crippen molar-refractivity contribution in [3.8, 4) is 0 Å². The van der Waals surface area contributed by atoms with Crippen LogP contribution < -0.4 is 10.2 Å². The van der Waals surface area contributed by atoms with Crippen molar-refractivity contribution in [3.63, 3.8) is 0 Å². The van der Waals surface area contributed by atoms with Crippen molar-refractivity contribution in [1.82, 2.24) is 5.32 Å². The molecular formula is C15H24N2. The van der Waals surface area contributed by atoms with Crippen LogP contribution in [0, 0.1) is 5.92 Å². The van der Waals surface area contributed by atoms with Gasteiger partial charge in [-0.3, -0.25) is 0 Å². The monoisotopic (exact) mass is 232 g/mol. The van der Waals surface area contributed by atoms with Gasteiger partial charge in [-0.2, -0.15) is 0 Å². The third-order valence-electron chi connectivity index (χ3n) is 3.79. The van der Waals surface area contributed by atoms with Crippen LogP contribution >= 0.6 is 0 Å². The highest BCUT2D eigenvalue weighted by atomic mass is 15.2. The standard InChI is InChI=1S/C15H24N2/c1-12-8-9-13(2)17(11-12)15-7-5-4-6-14(15)10-16-3/h4-7,12-13,16H,8-11H2,1-3H3. The molecule has 0 radical (unpaired) electrons. The van der Waals surface area contributed by atoms with Crippen LogP contribution in [0.4, 0.5) is 5.69 Å².